The molecule has 0 aliphatic carbocycles. The first-order valence-corrected chi connectivity index (χ1v) is 12.0. The predicted molar refractivity (Wildman–Crippen MR) is 127 cm³/mol. The molecule has 29 heavy (non-hydrogen) atoms. The minimum atomic E-state index is 0.0770. The summed E-state index contributed by atoms with van der Waals surface area (Å²) < 4.78 is 2.06. The van der Waals surface area contributed by atoms with Crippen LogP contribution < -0.4 is 0 Å². The normalized spacial score (nSPS) is 15.2. The summed E-state index contributed by atoms with van der Waals surface area (Å²) in [6.07, 6.45) is 5.47. The quantitative estimate of drug-likeness (QED) is 0.348. The predicted octanol–water partition coefficient (Wildman–Crippen LogP) is 6.75. The van der Waals surface area contributed by atoms with Crippen LogP contribution in [0.15, 0.2) is 68.9 Å². The number of piperidine rings is 1. The summed E-state index contributed by atoms with van der Waals surface area (Å²) in [6.45, 7) is 1.55. The number of aromatic nitrogens is 1. The Kier molecular flexibility index (Phi) is 6.63. The first-order valence-electron chi connectivity index (χ1n) is 9.53. The lowest BCUT2D eigenvalue weighted by Crippen LogP contribution is -2.36. The van der Waals surface area contributed by atoms with Gasteiger partial charge < -0.3 is 4.90 Å². The molecule has 3 nitrogen and oxygen atoms in total. The van der Waals surface area contributed by atoms with Crippen LogP contribution in [0, 0.1) is 0 Å². The zero-order valence-corrected chi connectivity index (χ0v) is 19.7. The molecule has 1 aromatic heterocycles. The number of rotatable bonds is 4. The molecular weight excluding hydrogens is 512 g/mol. The average molecular weight is 532 g/mol. The van der Waals surface area contributed by atoms with E-state index in [1.807, 2.05) is 47.4 Å². The van der Waals surface area contributed by atoms with Crippen molar-refractivity contribution in [1.82, 2.24) is 9.88 Å². The van der Waals surface area contributed by atoms with Crippen molar-refractivity contribution in [3.63, 3.8) is 0 Å². The number of benzene rings is 2. The first kappa shape index (κ1) is 20.5. The number of amides is 1. The van der Waals surface area contributed by atoms with Crippen LogP contribution in [-0.2, 0) is 4.79 Å². The summed E-state index contributed by atoms with van der Waals surface area (Å²) in [5, 5.41) is 3.31. The molecule has 0 saturated carbocycles. The number of halogens is 2. The molecule has 6 heteroatoms. The van der Waals surface area contributed by atoms with E-state index in [0.717, 1.165) is 51.7 Å². The van der Waals surface area contributed by atoms with Crippen molar-refractivity contribution in [1.29, 1.82) is 0 Å². The number of hydrogen-bond donors (Lipinski definition) is 0. The molecule has 0 bridgehead atoms. The van der Waals surface area contributed by atoms with Gasteiger partial charge in [0.05, 0.1) is 10.7 Å². The second-order valence-corrected chi connectivity index (χ2v) is 9.70. The van der Waals surface area contributed by atoms with E-state index < -0.39 is 0 Å². The molecule has 0 spiro atoms. The Hall–Kier alpha value is -1.76. The maximum atomic E-state index is 12.6. The molecule has 148 valence electrons. The van der Waals surface area contributed by atoms with Gasteiger partial charge in [-0.3, -0.25) is 4.79 Å². The lowest BCUT2D eigenvalue weighted by molar-refractivity contribution is -0.126. The maximum absolute atomic E-state index is 12.6. The standard InChI is InChI=1S/C23H20Br2N2OS/c24-19-6-3-5-18(14-19)21-15-29-23(26-21)17-10-12-27(13-11-17)22(28)9-8-16-4-1-2-7-20(16)25/h1-9,14-15,17H,10-13H2. The monoisotopic (exact) mass is 530 g/mol. The molecule has 0 atom stereocenters. The molecular formula is C23H20Br2N2OS. The van der Waals surface area contributed by atoms with Crippen molar-refractivity contribution in [3.8, 4) is 11.3 Å². The maximum Gasteiger partial charge on any atom is 0.246 e. The van der Waals surface area contributed by atoms with Crippen molar-refractivity contribution in [3.05, 3.63) is 79.5 Å². The molecule has 1 fully saturated rings. The second kappa shape index (κ2) is 9.37. The molecule has 2 aromatic carbocycles. The second-order valence-electron chi connectivity index (χ2n) is 7.04. The van der Waals surface area contributed by atoms with Gasteiger partial charge in [-0.25, -0.2) is 4.98 Å². The fourth-order valence-corrected chi connectivity index (χ4v) is 5.30. The van der Waals surface area contributed by atoms with Crippen LogP contribution in [0.3, 0.4) is 0 Å². The fraction of sp³-hybridized carbons (Fsp3) is 0.217. The van der Waals surface area contributed by atoms with Crippen LogP contribution in [-0.4, -0.2) is 28.9 Å². The molecule has 1 saturated heterocycles. The van der Waals surface area contributed by atoms with E-state index in [2.05, 4.69) is 49.4 Å². The lowest BCUT2D eigenvalue weighted by Gasteiger charge is -2.30. The van der Waals surface area contributed by atoms with E-state index in [1.54, 1.807) is 17.4 Å². The van der Waals surface area contributed by atoms with E-state index in [1.165, 1.54) is 5.01 Å². The van der Waals surface area contributed by atoms with Gasteiger partial charge in [0.15, 0.2) is 0 Å². The number of hydrogen-bond acceptors (Lipinski definition) is 3. The number of carbonyl (C=O) groups excluding carboxylic acids is 1. The molecule has 1 amide bonds. The summed E-state index contributed by atoms with van der Waals surface area (Å²) in [5.74, 6) is 0.505. The average Bonchev–Trinajstić information content (AvgIpc) is 3.23. The Morgan fingerprint density at radius 1 is 1.10 bits per heavy atom. The van der Waals surface area contributed by atoms with Crippen LogP contribution in [0.4, 0.5) is 0 Å². The van der Waals surface area contributed by atoms with E-state index >= 15 is 0 Å². The number of likely N-dealkylation sites (tertiary alicyclic amines) is 1. The number of carbonyl (C=O) groups is 1. The van der Waals surface area contributed by atoms with Gasteiger partial charge in [-0.1, -0.05) is 62.2 Å². The van der Waals surface area contributed by atoms with Gasteiger partial charge >= 0.3 is 0 Å². The van der Waals surface area contributed by atoms with Crippen LogP contribution in [0.2, 0.25) is 0 Å². The molecule has 2 heterocycles. The van der Waals surface area contributed by atoms with Crippen molar-refractivity contribution in [2.75, 3.05) is 13.1 Å². The van der Waals surface area contributed by atoms with Crippen molar-refractivity contribution >= 4 is 55.2 Å². The Bertz CT molecular complexity index is 1040. The highest BCUT2D eigenvalue weighted by Crippen LogP contribution is 2.33. The third kappa shape index (κ3) is 5.05. The number of nitrogens with zero attached hydrogens (tertiary/aromatic N) is 2. The largest absolute Gasteiger partial charge is 0.339 e. The van der Waals surface area contributed by atoms with E-state index in [-0.39, 0.29) is 5.91 Å². The minimum Gasteiger partial charge on any atom is -0.339 e. The van der Waals surface area contributed by atoms with Gasteiger partial charge in [0.25, 0.3) is 0 Å². The zero-order valence-electron chi connectivity index (χ0n) is 15.7. The smallest absolute Gasteiger partial charge is 0.246 e. The Balaban J connectivity index is 1.36. The molecule has 3 aromatic rings. The summed E-state index contributed by atoms with van der Waals surface area (Å²) in [7, 11) is 0. The summed E-state index contributed by atoms with van der Waals surface area (Å²) in [4.78, 5) is 19.4. The first-order chi connectivity index (χ1) is 14.1. The molecule has 0 N–H and O–H groups in total. The molecule has 1 aliphatic heterocycles. The number of thiazole rings is 1. The van der Waals surface area contributed by atoms with E-state index in [4.69, 9.17) is 4.98 Å². The lowest BCUT2D eigenvalue weighted by atomic mass is 9.97. The van der Waals surface area contributed by atoms with Crippen LogP contribution in [0.5, 0.6) is 0 Å². The Morgan fingerprint density at radius 2 is 1.90 bits per heavy atom. The van der Waals surface area contributed by atoms with Crippen LogP contribution in [0.1, 0.15) is 29.3 Å². The topological polar surface area (TPSA) is 33.2 Å². The van der Waals surface area contributed by atoms with Crippen LogP contribution in [0.25, 0.3) is 17.3 Å². The van der Waals surface area contributed by atoms with Crippen molar-refractivity contribution in [2.24, 2.45) is 0 Å². The highest BCUT2D eigenvalue weighted by molar-refractivity contribution is 9.10. The fourth-order valence-electron chi connectivity index (χ4n) is 3.48. The Labute approximate surface area is 191 Å². The zero-order chi connectivity index (χ0) is 20.2. The molecule has 0 radical (unpaired) electrons. The third-order valence-corrected chi connectivity index (χ3v) is 7.33. The van der Waals surface area contributed by atoms with E-state index in [0.29, 0.717) is 5.92 Å². The van der Waals surface area contributed by atoms with Crippen molar-refractivity contribution in [2.45, 2.75) is 18.8 Å². The SMILES string of the molecule is O=C(C=Cc1ccccc1Br)N1CCC(c2nc(-c3cccc(Br)c3)cs2)CC1. The Morgan fingerprint density at radius 3 is 2.66 bits per heavy atom. The molecule has 0 unspecified atom stereocenters. The van der Waals surface area contributed by atoms with Gasteiger partial charge in [0.2, 0.25) is 5.91 Å². The van der Waals surface area contributed by atoms with Gasteiger partial charge in [-0.05, 0) is 42.7 Å². The minimum absolute atomic E-state index is 0.0770. The highest BCUT2D eigenvalue weighted by atomic mass is 79.9. The summed E-state index contributed by atoms with van der Waals surface area (Å²) in [5.41, 5.74) is 3.17. The summed E-state index contributed by atoms with van der Waals surface area (Å²) in [6, 6.07) is 16.1. The van der Waals surface area contributed by atoms with Gasteiger partial charge in [-0.2, -0.15) is 0 Å². The molecule has 4 rings (SSSR count). The van der Waals surface area contributed by atoms with Gasteiger partial charge in [-0.15, -0.1) is 11.3 Å². The van der Waals surface area contributed by atoms with Crippen LogP contribution >= 0.6 is 43.2 Å². The molecule has 1 aliphatic rings. The van der Waals surface area contributed by atoms with Crippen molar-refractivity contribution < 1.29 is 4.79 Å². The van der Waals surface area contributed by atoms with E-state index in [9.17, 15) is 4.79 Å². The summed E-state index contributed by atoms with van der Waals surface area (Å²) >= 11 is 8.77. The van der Waals surface area contributed by atoms with Gasteiger partial charge in [0, 0.05) is 45.0 Å². The highest BCUT2D eigenvalue weighted by Gasteiger charge is 2.25. The van der Waals surface area contributed by atoms with Gasteiger partial charge in [0.1, 0.15) is 0 Å². The third-order valence-electron chi connectivity index (χ3n) is 5.11.